The van der Waals surface area contributed by atoms with E-state index in [0.29, 0.717) is 22.6 Å². The van der Waals surface area contributed by atoms with E-state index in [2.05, 4.69) is 11.1 Å². The van der Waals surface area contributed by atoms with Crippen LogP contribution in [-0.2, 0) is 0 Å². The maximum absolute atomic E-state index is 9.03. The molecule has 17 heavy (non-hydrogen) atoms. The van der Waals surface area contributed by atoms with E-state index in [4.69, 9.17) is 20.5 Å². The number of aromatic nitrogens is 1. The van der Waals surface area contributed by atoms with E-state index in [9.17, 15) is 0 Å². The van der Waals surface area contributed by atoms with Crippen molar-refractivity contribution >= 4 is 16.7 Å². The molecule has 0 unspecified atom stereocenters. The highest BCUT2D eigenvalue weighted by Gasteiger charge is 2.17. The molecule has 0 amide bonds. The molecule has 84 valence electrons. The summed E-state index contributed by atoms with van der Waals surface area (Å²) >= 11 is 0. The summed E-state index contributed by atoms with van der Waals surface area (Å²) in [7, 11) is 0. The molecule has 1 aliphatic rings. The van der Waals surface area contributed by atoms with Crippen molar-refractivity contribution in [3.8, 4) is 17.6 Å². The Labute approximate surface area is 97.4 Å². The van der Waals surface area contributed by atoms with Gasteiger partial charge in [0, 0.05) is 11.5 Å². The third kappa shape index (κ3) is 1.27. The van der Waals surface area contributed by atoms with Gasteiger partial charge in [-0.15, -0.1) is 0 Å². The van der Waals surface area contributed by atoms with Gasteiger partial charge >= 0.3 is 0 Å². The molecule has 0 radical (unpaired) electrons. The molecular weight excluding hydrogens is 218 g/mol. The van der Waals surface area contributed by atoms with Gasteiger partial charge < -0.3 is 15.2 Å². The minimum absolute atomic E-state index is 0.214. The fraction of sp³-hybridized carbons (Fsp3) is 0.167. The molecule has 2 N–H and O–H groups in total. The van der Waals surface area contributed by atoms with Gasteiger partial charge in [-0.2, -0.15) is 5.26 Å². The topological polar surface area (TPSA) is 81.2 Å². The van der Waals surface area contributed by atoms with E-state index < -0.39 is 0 Å². The Kier molecular flexibility index (Phi) is 1.86. The SMILES string of the molecule is Cc1c(C#N)c(N)nc2cc3c(cc12)OCO3. The molecule has 0 fully saturated rings. The van der Waals surface area contributed by atoms with Crippen molar-refractivity contribution in [3.05, 3.63) is 23.3 Å². The molecule has 0 atom stereocenters. The fourth-order valence-corrected chi connectivity index (χ4v) is 1.98. The first-order chi connectivity index (χ1) is 8.20. The fourth-order valence-electron chi connectivity index (χ4n) is 1.98. The van der Waals surface area contributed by atoms with Crippen LogP contribution in [0, 0.1) is 18.3 Å². The molecular formula is C12H9N3O2. The maximum atomic E-state index is 9.03. The van der Waals surface area contributed by atoms with Crippen molar-refractivity contribution in [2.24, 2.45) is 0 Å². The lowest BCUT2D eigenvalue weighted by Gasteiger charge is -2.07. The lowest BCUT2D eigenvalue weighted by Crippen LogP contribution is -1.98. The van der Waals surface area contributed by atoms with Crippen LogP contribution in [0.15, 0.2) is 12.1 Å². The first kappa shape index (κ1) is 9.73. The maximum Gasteiger partial charge on any atom is 0.231 e. The number of fused-ring (bicyclic) bond motifs is 2. The number of rotatable bonds is 0. The molecule has 2 heterocycles. The van der Waals surface area contributed by atoms with Gasteiger partial charge in [0.25, 0.3) is 0 Å². The van der Waals surface area contributed by atoms with Crippen LogP contribution in [0.3, 0.4) is 0 Å². The van der Waals surface area contributed by atoms with Crippen LogP contribution in [0.25, 0.3) is 10.9 Å². The number of anilines is 1. The van der Waals surface area contributed by atoms with Gasteiger partial charge in [-0.25, -0.2) is 4.98 Å². The van der Waals surface area contributed by atoms with Crippen LogP contribution in [0.5, 0.6) is 11.5 Å². The van der Waals surface area contributed by atoms with Gasteiger partial charge in [-0.1, -0.05) is 0 Å². The summed E-state index contributed by atoms with van der Waals surface area (Å²) in [6, 6.07) is 5.68. The zero-order chi connectivity index (χ0) is 12.0. The summed E-state index contributed by atoms with van der Waals surface area (Å²) in [5.41, 5.74) is 7.68. The Morgan fingerprint density at radius 3 is 2.76 bits per heavy atom. The summed E-state index contributed by atoms with van der Waals surface area (Å²) in [6.07, 6.45) is 0. The van der Waals surface area contributed by atoms with Crippen molar-refractivity contribution in [3.63, 3.8) is 0 Å². The summed E-state index contributed by atoms with van der Waals surface area (Å²) in [5, 5.41) is 9.89. The molecule has 3 rings (SSSR count). The summed E-state index contributed by atoms with van der Waals surface area (Å²) < 4.78 is 10.6. The Bertz CT molecular complexity index is 668. The first-order valence-electron chi connectivity index (χ1n) is 5.10. The second-order valence-corrected chi connectivity index (χ2v) is 3.83. The average molecular weight is 227 g/mol. The zero-order valence-electron chi connectivity index (χ0n) is 9.15. The lowest BCUT2D eigenvalue weighted by atomic mass is 10.0. The Morgan fingerprint density at radius 2 is 2.06 bits per heavy atom. The van der Waals surface area contributed by atoms with Gasteiger partial charge in [0.05, 0.1) is 11.1 Å². The molecule has 0 bridgehead atoms. The monoisotopic (exact) mass is 227 g/mol. The third-order valence-corrected chi connectivity index (χ3v) is 2.88. The van der Waals surface area contributed by atoms with Gasteiger partial charge in [-0.3, -0.25) is 0 Å². The average Bonchev–Trinajstić information content (AvgIpc) is 2.74. The van der Waals surface area contributed by atoms with E-state index in [0.717, 1.165) is 10.9 Å². The molecule has 1 aromatic heterocycles. The third-order valence-electron chi connectivity index (χ3n) is 2.88. The predicted octanol–water partition coefficient (Wildman–Crippen LogP) is 1.73. The minimum atomic E-state index is 0.214. The van der Waals surface area contributed by atoms with E-state index in [1.165, 1.54) is 0 Å². The molecule has 2 aromatic rings. The summed E-state index contributed by atoms with van der Waals surface area (Å²) in [4.78, 5) is 4.20. The van der Waals surface area contributed by atoms with E-state index in [-0.39, 0.29) is 12.6 Å². The standard InChI is InChI=1S/C12H9N3O2/c1-6-7-2-10-11(17-5-16-10)3-9(7)15-12(14)8(6)4-13/h2-3H,5H2,1H3,(H2,14,15). The lowest BCUT2D eigenvalue weighted by molar-refractivity contribution is 0.174. The van der Waals surface area contributed by atoms with Crippen molar-refractivity contribution < 1.29 is 9.47 Å². The Balaban J connectivity index is 2.41. The summed E-state index contributed by atoms with van der Waals surface area (Å²) in [5.74, 6) is 1.58. The van der Waals surface area contributed by atoms with Crippen LogP contribution < -0.4 is 15.2 Å². The molecule has 5 heteroatoms. The number of nitrogen functional groups attached to an aromatic ring is 1. The van der Waals surface area contributed by atoms with E-state index in [1.54, 1.807) is 6.07 Å². The van der Waals surface area contributed by atoms with Crippen molar-refractivity contribution in [2.75, 3.05) is 12.5 Å². The number of nitriles is 1. The molecule has 0 aliphatic carbocycles. The van der Waals surface area contributed by atoms with Crippen molar-refractivity contribution in [1.82, 2.24) is 4.98 Å². The van der Waals surface area contributed by atoms with Crippen LogP contribution >= 0.6 is 0 Å². The van der Waals surface area contributed by atoms with Crippen molar-refractivity contribution in [2.45, 2.75) is 6.92 Å². The number of hydrogen-bond acceptors (Lipinski definition) is 5. The number of nitrogens with two attached hydrogens (primary N) is 1. The second kappa shape index (κ2) is 3.25. The number of pyridine rings is 1. The largest absolute Gasteiger partial charge is 0.454 e. The predicted molar refractivity (Wildman–Crippen MR) is 61.7 cm³/mol. The smallest absolute Gasteiger partial charge is 0.231 e. The van der Waals surface area contributed by atoms with E-state index >= 15 is 0 Å². The van der Waals surface area contributed by atoms with Crippen LogP contribution in [0.1, 0.15) is 11.1 Å². The molecule has 1 aliphatic heterocycles. The normalized spacial score (nSPS) is 12.7. The number of nitrogens with zero attached hydrogens (tertiary/aromatic N) is 2. The zero-order valence-corrected chi connectivity index (χ0v) is 9.15. The molecule has 0 saturated heterocycles. The number of ether oxygens (including phenoxy) is 2. The molecule has 0 saturated carbocycles. The number of aryl methyl sites for hydroxylation is 1. The van der Waals surface area contributed by atoms with Crippen LogP contribution in [-0.4, -0.2) is 11.8 Å². The van der Waals surface area contributed by atoms with Gasteiger partial charge in [0.2, 0.25) is 6.79 Å². The van der Waals surface area contributed by atoms with Gasteiger partial charge in [0.15, 0.2) is 11.5 Å². The minimum Gasteiger partial charge on any atom is -0.454 e. The highest BCUT2D eigenvalue weighted by Crippen LogP contribution is 2.37. The van der Waals surface area contributed by atoms with E-state index in [1.807, 2.05) is 13.0 Å². The van der Waals surface area contributed by atoms with Crippen LogP contribution in [0.2, 0.25) is 0 Å². The summed E-state index contributed by atoms with van der Waals surface area (Å²) in [6.45, 7) is 2.06. The van der Waals surface area contributed by atoms with Gasteiger partial charge in [0.1, 0.15) is 11.9 Å². The first-order valence-corrected chi connectivity index (χ1v) is 5.10. The Hall–Kier alpha value is -2.48. The number of benzene rings is 1. The quantitative estimate of drug-likeness (QED) is 0.741. The van der Waals surface area contributed by atoms with Gasteiger partial charge in [-0.05, 0) is 18.6 Å². The second-order valence-electron chi connectivity index (χ2n) is 3.83. The molecule has 0 spiro atoms. The highest BCUT2D eigenvalue weighted by atomic mass is 16.7. The highest BCUT2D eigenvalue weighted by molar-refractivity contribution is 5.89. The number of hydrogen-bond donors (Lipinski definition) is 1. The van der Waals surface area contributed by atoms with Crippen LogP contribution in [0.4, 0.5) is 5.82 Å². The molecule has 5 nitrogen and oxygen atoms in total. The molecule has 1 aromatic carbocycles. The Morgan fingerprint density at radius 1 is 1.35 bits per heavy atom. The van der Waals surface area contributed by atoms with Crippen molar-refractivity contribution in [1.29, 1.82) is 5.26 Å².